The summed E-state index contributed by atoms with van der Waals surface area (Å²) in [6.45, 7) is 7.67. The summed E-state index contributed by atoms with van der Waals surface area (Å²) in [5, 5.41) is 0.773. The molecule has 1 rings (SSSR count). The van der Waals surface area contributed by atoms with Crippen molar-refractivity contribution >= 4 is 20.9 Å². The van der Waals surface area contributed by atoms with Crippen LogP contribution in [0.1, 0.15) is 38.3 Å². The van der Waals surface area contributed by atoms with E-state index in [1.54, 1.807) is 0 Å². The molecular weight excluding hydrogens is 252 g/mol. The number of hydrogen-bond acceptors (Lipinski definition) is 2. The van der Waals surface area contributed by atoms with Gasteiger partial charge in [0.25, 0.3) is 0 Å². The third-order valence-corrected chi connectivity index (χ3v) is 5.82. The van der Waals surface area contributed by atoms with Crippen molar-refractivity contribution in [2.45, 2.75) is 32.7 Å². The Labute approximate surface area is 111 Å². The lowest BCUT2D eigenvalue weighted by atomic mass is 10.1. The summed E-state index contributed by atoms with van der Waals surface area (Å²) >= 11 is 5.91. The summed E-state index contributed by atoms with van der Waals surface area (Å²) in [7, 11) is -1.63. The molecule has 0 N–H and O–H groups in total. The second kappa shape index (κ2) is 7.87. The Kier molecular flexibility index (Phi) is 6.81. The van der Waals surface area contributed by atoms with Crippen molar-refractivity contribution in [3.05, 3.63) is 34.9 Å². The molecule has 17 heavy (non-hydrogen) atoms. The maximum Gasteiger partial charge on any atom is 0.329 e. The smallest absolute Gasteiger partial charge is 0.329 e. The molecule has 96 valence electrons. The lowest BCUT2D eigenvalue weighted by molar-refractivity contribution is 0.204. The van der Waals surface area contributed by atoms with E-state index in [4.69, 9.17) is 20.5 Å². The van der Waals surface area contributed by atoms with Gasteiger partial charge in [-0.05, 0) is 38.0 Å². The maximum absolute atomic E-state index is 5.91. The van der Waals surface area contributed by atoms with E-state index in [0.717, 1.165) is 24.7 Å². The van der Waals surface area contributed by atoms with E-state index in [1.165, 1.54) is 5.56 Å². The van der Waals surface area contributed by atoms with Crippen LogP contribution >= 0.6 is 11.6 Å². The van der Waals surface area contributed by atoms with Gasteiger partial charge < -0.3 is 8.85 Å². The molecule has 0 aliphatic carbocycles. The number of benzene rings is 1. The first-order valence-corrected chi connectivity index (χ1v) is 8.20. The zero-order valence-corrected chi connectivity index (χ0v) is 12.7. The fourth-order valence-corrected chi connectivity index (χ4v) is 4.17. The van der Waals surface area contributed by atoms with Crippen molar-refractivity contribution in [3.8, 4) is 0 Å². The molecular formula is C13H21ClO2Si. The van der Waals surface area contributed by atoms with E-state index in [0.29, 0.717) is 5.54 Å². The van der Waals surface area contributed by atoms with Crippen molar-refractivity contribution < 1.29 is 8.85 Å². The van der Waals surface area contributed by atoms with Crippen LogP contribution in [0.25, 0.3) is 0 Å². The minimum atomic E-state index is -1.63. The molecule has 0 aliphatic rings. The van der Waals surface area contributed by atoms with Gasteiger partial charge in [0.15, 0.2) is 0 Å². The predicted octanol–water partition coefficient (Wildman–Crippen LogP) is 3.67. The van der Waals surface area contributed by atoms with E-state index in [-0.39, 0.29) is 0 Å². The van der Waals surface area contributed by atoms with Crippen molar-refractivity contribution in [3.63, 3.8) is 0 Å². The van der Waals surface area contributed by atoms with Crippen LogP contribution < -0.4 is 0 Å². The van der Waals surface area contributed by atoms with Crippen LogP contribution in [0.3, 0.4) is 0 Å². The second-order valence-electron chi connectivity index (χ2n) is 3.85. The topological polar surface area (TPSA) is 18.5 Å². The monoisotopic (exact) mass is 272 g/mol. The van der Waals surface area contributed by atoms with Crippen LogP contribution in [-0.2, 0) is 8.85 Å². The predicted molar refractivity (Wildman–Crippen MR) is 74.9 cm³/mol. The summed E-state index contributed by atoms with van der Waals surface area (Å²) in [5.41, 5.74) is 1.67. The van der Waals surface area contributed by atoms with Gasteiger partial charge in [0.2, 0.25) is 0 Å². The first kappa shape index (κ1) is 14.7. The third kappa shape index (κ3) is 4.43. The normalized spacial score (nSPS) is 13.0. The van der Waals surface area contributed by atoms with Gasteiger partial charge in [-0.15, -0.1) is 0 Å². The molecule has 0 fully saturated rings. The Balaban J connectivity index is 2.83. The van der Waals surface area contributed by atoms with Gasteiger partial charge in [-0.25, -0.2) is 0 Å². The van der Waals surface area contributed by atoms with Gasteiger partial charge in [-0.1, -0.05) is 30.7 Å². The van der Waals surface area contributed by atoms with Crippen molar-refractivity contribution in [1.82, 2.24) is 0 Å². The Morgan fingerprint density at radius 2 is 1.59 bits per heavy atom. The van der Waals surface area contributed by atoms with Crippen LogP contribution in [0.4, 0.5) is 0 Å². The van der Waals surface area contributed by atoms with Gasteiger partial charge in [-0.3, -0.25) is 0 Å². The quantitative estimate of drug-likeness (QED) is 0.705. The zero-order valence-electron chi connectivity index (χ0n) is 10.8. The van der Waals surface area contributed by atoms with Gasteiger partial charge in [0, 0.05) is 23.8 Å². The van der Waals surface area contributed by atoms with Crippen LogP contribution in [0.5, 0.6) is 0 Å². The minimum Gasteiger partial charge on any atom is -0.396 e. The largest absolute Gasteiger partial charge is 0.396 e. The summed E-state index contributed by atoms with van der Waals surface area (Å²) in [6.07, 6.45) is 1.04. The average molecular weight is 273 g/mol. The van der Waals surface area contributed by atoms with E-state index in [2.05, 4.69) is 19.1 Å². The van der Waals surface area contributed by atoms with Gasteiger partial charge in [0.1, 0.15) is 0 Å². The Morgan fingerprint density at radius 1 is 1.06 bits per heavy atom. The highest BCUT2D eigenvalue weighted by atomic mass is 35.5. The Bertz CT molecular complexity index is 310. The fourth-order valence-electron chi connectivity index (χ4n) is 1.90. The van der Waals surface area contributed by atoms with Crippen LogP contribution in [0, 0.1) is 0 Å². The number of rotatable bonds is 7. The van der Waals surface area contributed by atoms with Gasteiger partial charge >= 0.3 is 9.28 Å². The lowest BCUT2D eigenvalue weighted by Crippen LogP contribution is -2.31. The van der Waals surface area contributed by atoms with Crippen LogP contribution in [0.2, 0.25) is 5.02 Å². The first-order valence-electron chi connectivity index (χ1n) is 6.21. The van der Waals surface area contributed by atoms with Gasteiger partial charge in [0.05, 0.1) is 0 Å². The average Bonchev–Trinajstić information content (AvgIpc) is 2.33. The summed E-state index contributed by atoms with van der Waals surface area (Å²) < 4.78 is 11.6. The van der Waals surface area contributed by atoms with Crippen LogP contribution in [0.15, 0.2) is 24.3 Å². The number of halogens is 1. The SMILES string of the molecule is CCO[SiH](OCC)C(CC)c1ccc(Cl)cc1. The molecule has 1 unspecified atom stereocenters. The van der Waals surface area contributed by atoms with Crippen molar-refractivity contribution in [1.29, 1.82) is 0 Å². The highest BCUT2D eigenvalue weighted by molar-refractivity contribution is 6.46. The molecule has 0 aliphatic heterocycles. The molecule has 2 nitrogen and oxygen atoms in total. The molecule has 0 spiro atoms. The molecule has 0 saturated carbocycles. The molecule has 0 amide bonds. The second-order valence-corrected chi connectivity index (χ2v) is 6.49. The minimum absolute atomic E-state index is 0.396. The van der Waals surface area contributed by atoms with E-state index in [9.17, 15) is 0 Å². The number of hydrogen-bond donors (Lipinski definition) is 0. The molecule has 1 atom stereocenters. The molecule has 1 aromatic carbocycles. The van der Waals surface area contributed by atoms with Crippen LogP contribution in [-0.4, -0.2) is 22.5 Å². The molecule has 0 radical (unpaired) electrons. The molecule has 0 saturated heterocycles. The molecule has 0 aromatic heterocycles. The highest BCUT2D eigenvalue weighted by Crippen LogP contribution is 2.25. The standard InChI is InChI=1S/C13H21ClO2Si/c1-4-13(17(15-5-2)16-6-3)11-7-9-12(14)10-8-11/h7-10,13,17H,4-6H2,1-3H3. The summed E-state index contributed by atoms with van der Waals surface area (Å²) in [4.78, 5) is 0. The molecule has 4 heteroatoms. The zero-order chi connectivity index (χ0) is 12.7. The highest BCUT2D eigenvalue weighted by Gasteiger charge is 2.25. The first-order chi connectivity index (χ1) is 8.22. The fraction of sp³-hybridized carbons (Fsp3) is 0.538. The molecule has 1 aromatic rings. The Morgan fingerprint density at radius 3 is 2.00 bits per heavy atom. The van der Waals surface area contributed by atoms with Crippen molar-refractivity contribution in [2.75, 3.05) is 13.2 Å². The van der Waals surface area contributed by atoms with Crippen molar-refractivity contribution in [2.24, 2.45) is 0 Å². The lowest BCUT2D eigenvalue weighted by Gasteiger charge is -2.24. The summed E-state index contributed by atoms with van der Waals surface area (Å²) in [5.74, 6) is 0. The molecule has 0 bridgehead atoms. The van der Waals surface area contributed by atoms with E-state index < -0.39 is 9.28 Å². The third-order valence-electron chi connectivity index (χ3n) is 2.73. The van der Waals surface area contributed by atoms with E-state index in [1.807, 2.05) is 26.0 Å². The van der Waals surface area contributed by atoms with E-state index >= 15 is 0 Å². The van der Waals surface area contributed by atoms with Gasteiger partial charge in [-0.2, -0.15) is 0 Å². The summed E-state index contributed by atoms with van der Waals surface area (Å²) in [6, 6.07) is 8.02. The molecule has 0 heterocycles. The Hall–Kier alpha value is -0.353. The maximum atomic E-state index is 5.91.